The topological polar surface area (TPSA) is 9.86 Å². The van der Waals surface area contributed by atoms with Crippen LogP contribution in [0, 0.1) is 0 Å². The third-order valence-electron chi connectivity index (χ3n) is 12.0. The molecule has 0 bridgehead atoms. The van der Waals surface area contributed by atoms with E-state index in [4.69, 9.17) is 0 Å². The molecule has 0 amide bonds. The molecule has 0 spiro atoms. The largest absolute Gasteiger partial charge is 0.313 e. The third kappa shape index (κ3) is 4.27. The van der Waals surface area contributed by atoms with Crippen molar-refractivity contribution >= 4 is 60.1 Å². The lowest BCUT2D eigenvalue weighted by molar-refractivity contribution is 0.331. The van der Waals surface area contributed by atoms with E-state index in [9.17, 15) is 0 Å². The quantitative estimate of drug-likeness (QED) is 0.181. The molecule has 2 aromatic heterocycles. The van der Waals surface area contributed by atoms with Gasteiger partial charge in [-0.3, -0.25) is 0 Å². The van der Waals surface area contributed by atoms with Crippen LogP contribution in [0.4, 0.5) is 0 Å². The molecule has 0 saturated heterocycles. The van der Waals surface area contributed by atoms with Crippen molar-refractivity contribution in [2.45, 2.75) is 64.2 Å². The highest BCUT2D eigenvalue weighted by Crippen LogP contribution is 2.49. The average Bonchev–Trinajstić information content (AvgIpc) is 3.64. The van der Waals surface area contributed by atoms with Crippen LogP contribution in [-0.2, 0) is 10.8 Å². The van der Waals surface area contributed by atoms with Crippen LogP contribution >= 0.6 is 0 Å². The fraction of sp³-hybridized carbons (Fsp3) is 0.208. The van der Waals surface area contributed by atoms with E-state index in [0.29, 0.717) is 0 Å². The van der Waals surface area contributed by atoms with Gasteiger partial charge in [0, 0.05) is 27.2 Å². The second-order valence-electron chi connectivity index (χ2n) is 16.0. The first-order valence-corrected chi connectivity index (χ1v) is 18.3. The Morgan fingerprint density at radius 2 is 1.16 bits per heavy atom. The standard InChI is InChI=1S/C48H42N2/c1-47(2)25-26-48(3,4)46-40(47)18-12-20-44(46)50-43-24-22-34(29-38(43)39-27-31-13-8-9-14-32(31)30-45(39)50)33-21-23-42-37(28-33)36-17-10-11-19-41(36)49(42)35-15-6-5-7-16-35/h5-6,8-15,17-24,27-30H,7,16,25-26H2,1-4H3. The van der Waals surface area contributed by atoms with Crippen LogP contribution in [0.2, 0.25) is 0 Å². The van der Waals surface area contributed by atoms with Crippen molar-refractivity contribution in [2.24, 2.45) is 0 Å². The zero-order chi connectivity index (χ0) is 33.8. The highest BCUT2D eigenvalue weighted by atomic mass is 15.0. The van der Waals surface area contributed by atoms with Crippen LogP contribution in [0.3, 0.4) is 0 Å². The zero-order valence-electron chi connectivity index (χ0n) is 29.4. The number of allylic oxidation sites excluding steroid dienone is 4. The molecule has 2 aliphatic carbocycles. The van der Waals surface area contributed by atoms with Gasteiger partial charge < -0.3 is 9.13 Å². The lowest BCUT2D eigenvalue weighted by Crippen LogP contribution is -2.35. The Bertz CT molecular complexity index is 2760. The first-order chi connectivity index (χ1) is 24.3. The molecule has 2 aliphatic rings. The van der Waals surface area contributed by atoms with Crippen LogP contribution < -0.4 is 0 Å². The smallest absolute Gasteiger partial charge is 0.0547 e. The van der Waals surface area contributed by atoms with E-state index in [-0.39, 0.29) is 10.8 Å². The van der Waals surface area contributed by atoms with Gasteiger partial charge in [-0.25, -0.2) is 0 Å². The van der Waals surface area contributed by atoms with Gasteiger partial charge >= 0.3 is 0 Å². The molecule has 244 valence electrons. The minimum atomic E-state index is 0.0830. The first kappa shape index (κ1) is 29.6. The Labute approximate surface area is 294 Å². The third-order valence-corrected chi connectivity index (χ3v) is 12.0. The highest BCUT2D eigenvalue weighted by molar-refractivity contribution is 6.15. The SMILES string of the molecule is CC1(C)CCC(C)(C)c2c(-n3c4ccc(-c5ccc6c(c5)c5ccccc5n6C5=CC=CCC5)cc4c4cc5ccccc5cc43)cccc21. The molecule has 0 radical (unpaired) electrons. The Morgan fingerprint density at radius 1 is 0.520 bits per heavy atom. The number of aromatic nitrogens is 2. The van der Waals surface area contributed by atoms with E-state index in [1.54, 1.807) is 0 Å². The summed E-state index contributed by atoms with van der Waals surface area (Å²) < 4.78 is 5.05. The second kappa shape index (κ2) is 10.6. The maximum absolute atomic E-state index is 2.58. The van der Waals surface area contributed by atoms with Crippen molar-refractivity contribution < 1.29 is 0 Å². The Kier molecular flexibility index (Phi) is 6.26. The van der Waals surface area contributed by atoms with Crippen molar-refractivity contribution in [1.29, 1.82) is 0 Å². The van der Waals surface area contributed by atoms with Gasteiger partial charge in [-0.05, 0) is 124 Å². The van der Waals surface area contributed by atoms with Crippen molar-refractivity contribution in [3.8, 4) is 16.8 Å². The minimum absolute atomic E-state index is 0.0830. The van der Waals surface area contributed by atoms with Gasteiger partial charge in [0.05, 0.1) is 27.8 Å². The molecule has 0 unspecified atom stereocenters. The minimum Gasteiger partial charge on any atom is -0.313 e. The van der Waals surface area contributed by atoms with Crippen LogP contribution in [-0.4, -0.2) is 9.13 Å². The lowest BCUT2D eigenvalue weighted by Gasteiger charge is -2.43. The molecule has 8 aromatic rings. The summed E-state index contributed by atoms with van der Waals surface area (Å²) in [7, 11) is 0. The number of para-hydroxylation sites is 1. The molecule has 50 heavy (non-hydrogen) atoms. The maximum Gasteiger partial charge on any atom is 0.0547 e. The number of fused-ring (bicyclic) bond motifs is 8. The molecule has 0 N–H and O–H groups in total. The predicted molar refractivity (Wildman–Crippen MR) is 215 cm³/mol. The molecular weight excluding hydrogens is 605 g/mol. The van der Waals surface area contributed by atoms with Gasteiger partial charge in [-0.1, -0.05) is 107 Å². The van der Waals surface area contributed by atoms with Crippen molar-refractivity contribution in [1.82, 2.24) is 9.13 Å². The summed E-state index contributed by atoms with van der Waals surface area (Å²) in [4.78, 5) is 0. The summed E-state index contributed by atoms with van der Waals surface area (Å²) in [6.45, 7) is 9.74. The van der Waals surface area contributed by atoms with E-state index in [1.165, 1.54) is 101 Å². The molecule has 0 saturated carbocycles. The Morgan fingerprint density at radius 3 is 1.92 bits per heavy atom. The monoisotopic (exact) mass is 646 g/mol. The maximum atomic E-state index is 2.58. The van der Waals surface area contributed by atoms with E-state index in [2.05, 4.69) is 170 Å². The molecule has 2 nitrogen and oxygen atoms in total. The molecular formula is C48H42N2. The van der Waals surface area contributed by atoms with E-state index in [0.717, 1.165) is 12.8 Å². The number of hydrogen-bond donors (Lipinski definition) is 0. The number of nitrogens with zero attached hydrogens (tertiary/aromatic N) is 2. The zero-order valence-corrected chi connectivity index (χ0v) is 29.4. The van der Waals surface area contributed by atoms with Gasteiger partial charge in [-0.15, -0.1) is 0 Å². The average molecular weight is 647 g/mol. The summed E-state index contributed by atoms with van der Waals surface area (Å²) >= 11 is 0. The van der Waals surface area contributed by atoms with Crippen molar-refractivity contribution in [3.63, 3.8) is 0 Å². The van der Waals surface area contributed by atoms with Gasteiger partial charge in [-0.2, -0.15) is 0 Å². The van der Waals surface area contributed by atoms with Crippen LogP contribution in [0.1, 0.15) is 64.5 Å². The van der Waals surface area contributed by atoms with E-state index >= 15 is 0 Å². The van der Waals surface area contributed by atoms with Gasteiger partial charge in [0.25, 0.3) is 0 Å². The summed E-state index contributed by atoms with van der Waals surface area (Å²) in [5.41, 5.74) is 13.5. The summed E-state index contributed by atoms with van der Waals surface area (Å²) in [5, 5.41) is 7.78. The summed E-state index contributed by atoms with van der Waals surface area (Å²) in [5.74, 6) is 0. The Hall–Kier alpha value is -5.34. The highest BCUT2D eigenvalue weighted by Gasteiger charge is 2.39. The summed E-state index contributed by atoms with van der Waals surface area (Å²) in [6, 6.07) is 43.8. The fourth-order valence-electron chi connectivity index (χ4n) is 9.27. The molecule has 0 aliphatic heterocycles. The number of benzene rings is 6. The van der Waals surface area contributed by atoms with Crippen molar-refractivity contribution in [2.75, 3.05) is 0 Å². The fourth-order valence-corrected chi connectivity index (χ4v) is 9.27. The normalized spacial score (nSPS) is 16.8. The van der Waals surface area contributed by atoms with Gasteiger partial charge in [0.1, 0.15) is 0 Å². The molecule has 0 atom stereocenters. The lowest BCUT2D eigenvalue weighted by atomic mass is 9.62. The van der Waals surface area contributed by atoms with Crippen LogP contribution in [0.15, 0.2) is 133 Å². The molecule has 0 fully saturated rings. The Balaban J connectivity index is 1.23. The van der Waals surface area contributed by atoms with Crippen LogP contribution in [0.5, 0.6) is 0 Å². The van der Waals surface area contributed by atoms with E-state index < -0.39 is 0 Å². The molecule has 2 heteroatoms. The number of rotatable bonds is 3. The van der Waals surface area contributed by atoms with Crippen LogP contribution in [0.25, 0.3) is 76.9 Å². The first-order valence-electron chi connectivity index (χ1n) is 18.3. The van der Waals surface area contributed by atoms with Gasteiger partial charge in [0.15, 0.2) is 0 Å². The predicted octanol–water partition coefficient (Wildman–Crippen LogP) is 13.3. The molecule has 2 heterocycles. The van der Waals surface area contributed by atoms with E-state index in [1.807, 2.05) is 0 Å². The number of hydrogen-bond acceptors (Lipinski definition) is 0. The second-order valence-corrected chi connectivity index (χ2v) is 16.0. The summed E-state index contributed by atoms with van der Waals surface area (Å²) in [6.07, 6.45) is 11.3. The van der Waals surface area contributed by atoms with Gasteiger partial charge in [0.2, 0.25) is 0 Å². The van der Waals surface area contributed by atoms with Crippen molar-refractivity contribution in [3.05, 3.63) is 145 Å². The molecule has 6 aromatic carbocycles. The molecule has 10 rings (SSSR count).